The number of carbonyl (C=O) groups is 2. The van der Waals surface area contributed by atoms with Gasteiger partial charge in [0.1, 0.15) is 4.32 Å². The average Bonchev–Trinajstić information content (AvgIpc) is 2.64. The van der Waals surface area contributed by atoms with Gasteiger partial charge in [0.05, 0.1) is 9.21 Å². The van der Waals surface area contributed by atoms with Gasteiger partial charge < -0.3 is 0 Å². The number of Topliss-reactive ketones (excluding diaryl/α,β-unsaturated/α-hetero) is 2. The number of ketones is 2. The van der Waals surface area contributed by atoms with E-state index in [4.69, 9.17) is 11.6 Å². The Bertz CT molecular complexity index is 469. The van der Waals surface area contributed by atoms with E-state index in [9.17, 15) is 9.59 Å². The zero-order valence-electron chi connectivity index (χ0n) is 8.68. The maximum atomic E-state index is 12.2. The van der Waals surface area contributed by atoms with Gasteiger partial charge in [-0.15, -0.1) is 11.3 Å². The van der Waals surface area contributed by atoms with Gasteiger partial charge in [0.15, 0.2) is 11.6 Å². The van der Waals surface area contributed by atoms with Gasteiger partial charge in [0, 0.05) is 6.42 Å². The molecule has 0 amide bonds. The maximum Gasteiger partial charge on any atom is 0.197 e. The highest BCUT2D eigenvalue weighted by Gasteiger charge is 2.46. The number of hydrogen-bond donors (Lipinski definition) is 0. The average molecular weight is 322 g/mol. The van der Waals surface area contributed by atoms with Crippen molar-refractivity contribution in [3.8, 4) is 0 Å². The summed E-state index contributed by atoms with van der Waals surface area (Å²) < 4.78 is -0.401. The lowest BCUT2D eigenvalue weighted by Gasteiger charge is -2.27. The first-order chi connectivity index (χ1) is 7.49. The lowest BCUT2D eigenvalue weighted by molar-refractivity contribution is -0.119. The van der Waals surface area contributed by atoms with Gasteiger partial charge in [0.2, 0.25) is 0 Å². The maximum absolute atomic E-state index is 12.2. The van der Waals surface area contributed by atoms with Crippen molar-refractivity contribution >= 4 is 50.4 Å². The second kappa shape index (κ2) is 4.24. The van der Waals surface area contributed by atoms with Crippen molar-refractivity contribution in [1.82, 2.24) is 0 Å². The van der Waals surface area contributed by atoms with Crippen LogP contribution in [-0.2, 0) is 11.2 Å². The monoisotopic (exact) mass is 320 g/mol. The number of thiophene rings is 1. The van der Waals surface area contributed by atoms with E-state index in [-0.39, 0.29) is 11.6 Å². The molecule has 0 spiro atoms. The minimum atomic E-state index is -1.01. The van der Waals surface area contributed by atoms with Gasteiger partial charge in [-0.3, -0.25) is 9.59 Å². The van der Waals surface area contributed by atoms with E-state index in [1.807, 2.05) is 6.07 Å². The molecule has 0 aliphatic heterocycles. The van der Waals surface area contributed by atoms with Crippen LogP contribution in [0.25, 0.3) is 0 Å². The Morgan fingerprint density at radius 2 is 2.38 bits per heavy atom. The van der Waals surface area contributed by atoms with E-state index in [0.717, 1.165) is 12.0 Å². The standard InChI is InChI=1S/C11H10BrClO2S/c1-2-7(14)11(12)4-3-6-5-8(13)16-9(6)10(11)15/h5H,2-4H2,1H3. The van der Waals surface area contributed by atoms with Crippen molar-refractivity contribution in [2.24, 2.45) is 0 Å². The molecule has 0 saturated heterocycles. The second-order valence-electron chi connectivity index (χ2n) is 3.81. The van der Waals surface area contributed by atoms with Crippen LogP contribution >= 0.6 is 38.9 Å². The first kappa shape index (κ1) is 12.3. The van der Waals surface area contributed by atoms with E-state index in [0.29, 0.717) is 22.1 Å². The molecular formula is C11H10BrClO2S. The molecule has 2 rings (SSSR count). The molecule has 1 aliphatic carbocycles. The Labute approximate surface area is 111 Å². The normalized spacial score (nSPS) is 24.3. The fourth-order valence-electron chi connectivity index (χ4n) is 1.92. The van der Waals surface area contributed by atoms with Crippen molar-refractivity contribution in [2.45, 2.75) is 30.5 Å². The molecule has 86 valence electrons. The van der Waals surface area contributed by atoms with Crippen LogP contribution in [0.15, 0.2) is 6.07 Å². The van der Waals surface area contributed by atoms with Crippen molar-refractivity contribution in [3.63, 3.8) is 0 Å². The number of hydrogen-bond acceptors (Lipinski definition) is 3. The fourth-order valence-corrected chi connectivity index (χ4v) is 4.05. The summed E-state index contributed by atoms with van der Waals surface area (Å²) in [6, 6.07) is 1.82. The molecule has 1 unspecified atom stereocenters. The van der Waals surface area contributed by atoms with Gasteiger partial charge in [-0.1, -0.05) is 34.5 Å². The highest BCUT2D eigenvalue weighted by molar-refractivity contribution is 9.10. The first-order valence-electron chi connectivity index (χ1n) is 5.04. The van der Waals surface area contributed by atoms with Gasteiger partial charge in [-0.2, -0.15) is 0 Å². The van der Waals surface area contributed by atoms with E-state index in [2.05, 4.69) is 15.9 Å². The quantitative estimate of drug-likeness (QED) is 0.615. The third kappa shape index (κ3) is 1.77. The summed E-state index contributed by atoms with van der Waals surface area (Å²) in [6.07, 6.45) is 1.62. The number of alkyl halides is 1. The summed E-state index contributed by atoms with van der Waals surface area (Å²) in [4.78, 5) is 24.7. The Hall–Kier alpha value is -0.190. The predicted molar refractivity (Wildman–Crippen MR) is 68.9 cm³/mol. The molecule has 2 nitrogen and oxygen atoms in total. The van der Waals surface area contributed by atoms with Crippen LogP contribution in [-0.4, -0.2) is 15.9 Å². The summed E-state index contributed by atoms with van der Waals surface area (Å²) in [6.45, 7) is 1.77. The molecule has 0 radical (unpaired) electrons. The van der Waals surface area contributed by atoms with Crippen LogP contribution in [0.2, 0.25) is 4.34 Å². The Kier molecular flexibility index (Phi) is 3.25. The molecular weight excluding hydrogens is 312 g/mol. The van der Waals surface area contributed by atoms with Crippen LogP contribution in [0.1, 0.15) is 35.0 Å². The van der Waals surface area contributed by atoms with E-state index >= 15 is 0 Å². The molecule has 1 atom stereocenters. The summed E-state index contributed by atoms with van der Waals surface area (Å²) >= 11 is 10.5. The minimum absolute atomic E-state index is 0.0485. The fraction of sp³-hybridized carbons (Fsp3) is 0.455. The Balaban J connectivity index is 2.44. The van der Waals surface area contributed by atoms with Crippen molar-refractivity contribution < 1.29 is 9.59 Å². The lowest BCUT2D eigenvalue weighted by atomic mass is 9.84. The summed E-state index contributed by atoms with van der Waals surface area (Å²) in [7, 11) is 0. The molecule has 16 heavy (non-hydrogen) atoms. The van der Waals surface area contributed by atoms with Gasteiger partial charge >= 0.3 is 0 Å². The molecule has 0 N–H and O–H groups in total. The smallest absolute Gasteiger partial charge is 0.197 e. The Morgan fingerprint density at radius 1 is 1.69 bits per heavy atom. The third-order valence-electron chi connectivity index (χ3n) is 2.85. The third-order valence-corrected chi connectivity index (χ3v) is 5.35. The number of fused-ring (bicyclic) bond motifs is 1. The van der Waals surface area contributed by atoms with Crippen LogP contribution in [0.3, 0.4) is 0 Å². The van der Waals surface area contributed by atoms with E-state index < -0.39 is 4.32 Å². The molecule has 1 aromatic heterocycles. The van der Waals surface area contributed by atoms with Crippen LogP contribution in [0, 0.1) is 0 Å². The topological polar surface area (TPSA) is 34.1 Å². The summed E-state index contributed by atoms with van der Waals surface area (Å²) in [5.41, 5.74) is 0.971. The van der Waals surface area contributed by atoms with Gasteiger partial charge in [-0.25, -0.2) is 0 Å². The van der Waals surface area contributed by atoms with Crippen LogP contribution in [0.5, 0.6) is 0 Å². The second-order valence-corrected chi connectivity index (χ2v) is 6.85. The molecule has 1 aromatic rings. The summed E-state index contributed by atoms with van der Waals surface area (Å²) in [5.74, 6) is -0.176. The molecule has 0 bridgehead atoms. The number of aryl methyl sites for hydroxylation is 1. The van der Waals surface area contributed by atoms with E-state index in [1.54, 1.807) is 6.92 Å². The summed E-state index contributed by atoms with van der Waals surface area (Å²) in [5, 5.41) is 0. The Morgan fingerprint density at radius 3 is 3.00 bits per heavy atom. The molecule has 1 heterocycles. The molecule has 5 heteroatoms. The first-order valence-corrected chi connectivity index (χ1v) is 7.03. The number of carbonyl (C=O) groups excluding carboxylic acids is 2. The molecule has 0 saturated carbocycles. The minimum Gasteiger partial charge on any atom is -0.298 e. The number of halogens is 2. The van der Waals surface area contributed by atoms with Crippen molar-refractivity contribution in [2.75, 3.05) is 0 Å². The van der Waals surface area contributed by atoms with Crippen molar-refractivity contribution in [3.05, 3.63) is 20.8 Å². The lowest BCUT2D eigenvalue weighted by Crippen LogP contribution is -2.43. The van der Waals surface area contributed by atoms with Crippen LogP contribution in [0.4, 0.5) is 0 Å². The van der Waals surface area contributed by atoms with Gasteiger partial charge in [0.25, 0.3) is 0 Å². The SMILES string of the molecule is CCC(=O)C1(Br)CCc2cc(Cl)sc2C1=O. The van der Waals surface area contributed by atoms with E-state index in [1.165, 1.54) is 11.3 Å². The van der Waals surface area contributed by atoms with Gasteiger partial charge in [-0.05, 0) is 24.5 Å². The molecule has 0 fully saturated rings. The van der Waals surface area contributed by atoms with Crippen LogP contribution < -0.4 is 0 Å². The highest BCUT2D eigenvalue weighted by atomic mass is 79.9. The zero-order valence-corrected chi connectivity index (χ0v) is 11.8. The predicted octanol–water partition coefficient (Wildman–Crippen LogP) is 3.64. The largest absolute Gasteiger partial charge is 0.298 e. The van der Waals surface area contributed by atoms with Crippen molar-refractivity contribution in [1.29, 1.82) is 0 Å². The zero-order chi connectivity index (χ0) is 11.9. The molecule has 0 aromatic carbocycles. The molecule has 1 aliphatic rings. The number of rotatable bonds is 2. The highest BCUT2D eigenvalue weighted by Crippen LogP contribution is 2.41.